The summed E-state index contributed by atoms with van der Waals surface area (Å²) in [6.45, 7) is 13.4. The minimum atomic E-state index is -1.10. The molecule has 2 atom stereocenters. The summed E-state index contributed by atoms with van der Waals surface area (Å²) in [5, 5.41) is 5.57. The lowest BCUT2D eigenvalue weighted by Crippen LogP contribution is -2.55. The Bertz CT molecular complexity index is 893. The predicted octanol–water partition coefficient (Wildman–Crippen LogP) is 3.99. The average molecular weight is 519 g/mol. The van der Waals surface area contributed by atoms with Crippen LogP contribution in [0.15, 0.2) is 24.3 Å². The van der Waals surface area contributed by atoms with Crippen molar-refractivity contribution >= 4 is 23.8 Å². The summed E-state index contributed by atoms with van der Waals surface area (Å²) in [6.07, 6.45) is 2.76. The molecular weight excluding hydrogens is 472 g/mol. The van der Waals surface area contributed by atoms with Gasteiger partial charge in [-0.25, -0.2) is 4.79 Å². The number of benzene rings is 1. The third kappa shape index (κ3) is 11.2. The van der Waals surface area contributed by atoms with Crippen LogP contribution in [0.3, 0.4) is 0 Å². The van der Waals surface area contributed by atoms with Crippen molar-refractivity contribution in [3.63, 3.8) is 0 Å². The van der Waals surface area contributed by atoms with Gasteiger partial charge in [-0.1, -0.05) is 51.0 Å². The van der Waals surface area contributed by atoms with Gasteiger partial charge >= 0.3 is 6.09 Å². The molecule has 4 amide bonds. The molecule has 1 aromatic rings. The first kappa shape index (κ1) is 31.9. The van der Waals surface area contributed by atoms with Crippen molar-refractivity contribution < 1.29 is 23.9 Å². The van der Waals surface area contributed by atoms with Crippen molar-refractivity contribution in [2.45, 2.75) is 111 Å². The van der Waals surface area contributed by atoms with Gasteiger partial charge in [-0.3, -0.25) is 14.4 Å². The highest BCUT2D eigenvalue weighted by molar-refractivity contribution is 5.92. The number of hydrogen-bond acceptors (Lipinski definition) is 5. The molecule has 208 valence electrons. The van der Waals surface area contributed by atoms with Crippen LogP contribution in [0, 0.1) is 0 Å². The number of carbonyl (C=O) groups excluding carboxylic acids is 4. The maximum atomic E-state index is 13.9. The summed E-state index contributed by atoms with van der Waals surface area (Å²) >= 11 is 0. The Labute approximate surface area is 221 Å². The fraction of sp³-hybridized carbons (Fsp3) is 0.643. The Hall–Kier alpha value is -3.10. The van der Waals surface area contributed by atoms with Crippen molar-refractivity contribution in [2.24, 2.45) is 5.73 Å². The molecule has 0 saturated heterocycles. The summed E-state index contributed by atoms with van der Waals surface area (Å²) in [7, 11) is 0. The van der Waals surface area contributed by atoms with Gasteiger partial charge in [0.2, 0.25) is 17.7 Å². The highest BCUT2D eigenvalue weighted by atomic mass is 16.6. The molecule has 37 heavy (non-hydrogen) atoms. The second kappa shape index (κ2) is 15.2. The van der Waals surface area contributed by atoms with Crippen molar-refractivity contribution in [3.8, 4) is 0 Å². The third-order valence-corrected chi connectivity index (χ3v) is 5.79. The summed E-state index contributed by atoms with van der Waals surface area (Å²) in [5.41, 5.74) is 6.34. The number of nitrogens with two attached hydrogens (primary N) is 1. The number of hydrogen-bond donors (Lipinski definition) is 3. The lowest BCUT2D eigenvalue weighted by atomic mass is 9.98. The van der Waals surface area contributed by atoms with Crippen LogP contribution in [-0.4, -0.2) is 52.9 Å². The number of unbranched alkanes of at least 4 members (excludes halogenated alkanes) is 2. The quantitative estimate of drug-likeness (QED) is 0.321. The molecule has 4 N–H and O–H groups in total. The lowest BCUT2D eigenvalue weighted by molar-refractivity contribution is -0.144. The number of ether oxygens (including phenoxy) is 1. The van der Waals surface area contributed by atoms with E-state index in [0.29, 0.717) is 12.1 Å². The number of rotatable bonds is 14. The molecule has 0 heterocycles. The van der Waals surface area contributed by atoms with Gasteiger partial charge in [0.1, 0.15) is 17.7 Å². The first-order valence-electron chi connectivity index (χ1n) is 13.3. The molecule has 9 heteroatoms. The Morgan fingerprint density at radius 2 is 1.65 bits per heavy atom. The van der Waals surface area contributed by atoms with E-state index in [2.05, 4.69) is 17.6 Å². The van der Waals surface area contributed by atoms with Crippen LogP contribution in [0.25, 0.3) is 0 Å². The van der Waals surface area contributed by atoms with E-state index >= 15 is 0 Å². The van der Waals surface area contributed by atoms with E-state index in [4.69, 9.17) is 10.5 Å². The van der Waals surface area contributed by atoms with Crippen LogP contribution in [0.1, 0.15) is 97.7 Å². The molecule has 1 aromatic carbocycles. The zero-order valence-corrected chi connectivity index (χ0v) is 23.6. The second-order valence-electron chi connectivity index (χ2n) is 10.5. The van der Waals surface area contributed by atoms with Gasteiger partial charge in [0.15, 0.2) is 0 Å². The van der Waals surface area contributed by atoms with Gasteiger partial charge in [-0.15, -0.1) is 0 Å². The monoisotopic (exact) mass is 518 g/mol. The Balaban J connectivity index is 3.41. The van der Waals surface area contributed by atoms with E-state index < -0.39 is 35.6 Å². The minimum Gasteiger partial charge on any atom is -0.444 e. The van der Waals surface area contributed by atoms with Crippen LogP contribution < -0.4 is 16.4 Å². The Morgan fingerprint density at radius 1 is 1.03 bits per heavy atom. The molecule has 0 aromatic heterocycles. The maximum Gasteiger partial charge on any atom is 0.408 e. The number of nitrogens with one attached hydrogen (secondary N) is 2. The van der Waals surface area contributed by atoms with E-state index in [1.165, 1.54) is 4.90 Å². The Morgan fingerprint density at radius 3 is 2.14 bits per heavy atom. The molecule has 2 unspecified atom stereocenters. The smallest absolute Gasteiger partial charge is 0.408 e. The van der Waals surface area contributed by atoms with Crippen molar-refractivity contribution in [3.05, 3.63) is 35.4 Å². The zero-order valence-electron chi connectivity index (χ0n) is 23.6. The second-order valence-corrected chi connectivity index (χ2v) is 10.5. The molecule has 0 spiro atoms. The number of alkyl carbamates (subject to hydrolysis) is 1. The van der Waals surface area contributed by atoms with E-state index in [-0.39, 0.29) is 24.8 Å². The molecular formula is C28H46N4O5. The summed E-state index contributed by atoms with van der Waals surface area (Å²) in [4.78, 5) is 53.0. The van der Waals surface area contributed by atoms with Gasteiger partial charge in [0.05, 0.1) is 0 Å². The number of primary amides is 1. The lowest BCUT2D eigenvalue weighted by Gasteiger charge is -2.37. The summed E-state index contributed by atoms with van der Waals surface area (Å²) in [6, 6.07) is 5.20. The highest BCUT2D eigenvalue weighted by Gasteiger charge is 2.37. The Kier molecular flexibility index (Phi) is 13.1. The van der Waals surface area contributed by atoms with Crippen LogP contribution in [0.2, 0.25) is 0 Å². The third-order valence-electron chi connectivity index (χ3n) is 5.79. The van der Waals surface area contributed by atoms with Gasteiger partial charge in [-0.05, 0) is 65.0 Å². The maximum absolute atomic E-state index is 13.9. The predicted molar refractivity (Wildman–Crippen MR) is 145 cm³/mol. The van der Waals surface area contributed by atoms with E-state index in [1.54, 1.807) is 20.8 Å². The van der Waals surface area contributed by atoms with Crippen LogP contribution in [0.5, 0.6) is 0 Å². The fourth-order valence-electron chi connectivity index (χ4n) is 3.91. The van der Waals surface area contributed by atoms with Crippen molar-refractivity contribution in [1.82, 2.24) is 15.5 Å². The van der Waals surface area contributed by atoms with Crippen molar-refractivity contribution in [2.75, 3.05) is 6.54 Å². The number of carbonyl (C=O) groups is 4. The number of aryl methyl sites for hydroxylation is 1. The van der Waals surface area contributed by atoms with Gasteiger partial charge in [0, 0.05) is 19.0 Å². The summed E-state index contributed by atoms with van der Waals surface area (Å²) < 4.78 is 5.34. The molecule has 1 rings (SSSR count). The largest absolute Gasteiger partial charge is 0.444 e. The molecule has 0 fully saturated rings. The average Bonchev–Trinajstić information content (AvgIpc) is 2.81. The molecule has 9 nitrogen and oxygen atoms in total. The van der Waals surface area contributed by atoms with Crippen molar-refractivity contribution in [1.29, 1.82) is 0 Å². The normalized spacial score (nSPS) is 13.0. The fourth-order valence-corrected chi connectivity index (χ4v) is 3.91. The molecule has 0 bridgehead atoms. The van der Waals surface area contributed by atoms with Crippen LogP contribution >= 0.6 is 0 Å². The molecule has 0 aliphatic heterocycles. The van der Waals surface area contributed by atoms with E-state index in [9.17, 15) is 19.2 Å². The standard InChI is InChI=1S/C28H46N4O5/c1-8-10-11-18-30-25(34)24(21-14-12-20(9-2)13-15-21)32(19(3)4)26(35)22(16-17-23(29)33)31-27(36)37-28(5,6)7/h12-15,19,22,24H,8-11,16-18H2,1-7H3,(H2,29,33)(H,30,34)(H,31,36). The first-order valence-corrected chi connectivity index (χ1v) is 13.3. The van der Waals surface area contributed by atoms with Gasteiger partial charge < -0.3 is 26.0 Å². The number of nitrogens with zero attached hydrogens (tertiary/aromatic N) is 1. The van der Waals surface area contributed by atoms with Gasteiger partial charge in [-0.2, -0.15) is 0 Å². The highest BCUT2D eigenvalue weighted by Crippen LogP contribution is 2.26. The summed E-state index contributed by atoms with van der Waals surface area (Å²) in [5.74, 6) is -1.39. The zero-order chi connectivity index (χ0) is 28.2. The van der Waals surface area contributed by atoms with E-state index in [0.717, 1.165) is 31.2 Å². The molecule has 0 radical (unpaired) electrons. The molecule has 0 aliphatic rings. The first-order chi connectivity index (χ1) is 17.3. The topological polar surface area (TPSA) is 131 Å². The van der Waals surface area contributed by atoms with Gasteiger partial charge in [0.25, 0.3) is 0 Å². The molecule has 0 saturated carbocycles. The van der Waals surface area contributed by atoms with Crippen LogP contribution in [0.4, 0.5) is 4.79 Å². The number of amides is 4. The van der Waals surface area contributed by atoms with E-state index in [1.807, 2.05) is 45.0 Å². The SMILES string of the molecule is CCCCCNC(=O)C(c1ccc(CC)cc1)N(C(=O)C(CCC(N)=O)NC(=O)OC(C)(C)C)C(C)C. The van der Waals surface area contributed by atoms with Crippen LogP contribution in [-0.2, 0) is 25.5 Å². The molecule has 0 aliphatic carbocycles. The minimum absolute atomic E-state index is 0.0176.